The summed E-state index contributed by atoms with van der Waals surface area (Å²) in [6.07, 6.45) is 4.68. The Labute approximate surface area is 420 Å². The fourth-order valence-electron chi connectivity index (χ4n) is 10.4. The number of piperidine rings is 1. The molecule has 3 aliphatic heterocycles. The molecule has 3 fully saturated rings. The molecule has 0 radical (unpaired) electrons. The molecule has 3 N–H and O–H groups in total. The third-order valence-corrected chi connectivity index (χ3v) is 14.3. The van der Waals surface area contributed by atoms with Gasteiger partial charge < -0.3 is 44.3 Å². The Morgan fingerprint density at radius 2 is 1.64 bits per heavy atom. The number of pyridine rings is 1. The lowest BCUT2D eigenvalue weighted by atomic mass is 9.89. The lowest BCUT2D eigenvalue weighted by molar-refractivity contribution is -0.141. The molecular formula is C55H69F2N7O8. The number of benzene rings is 3. The SMILES string of the molecule is COc1ccc(CN(Cc2ccc(OC)cc2)c2ccc(CCCC(C)C(=O)O)c(-c3ncc4c(N5CCCC(O)(CCNC(=O)OC(C)(C)C)C5)nc(OC[C@@]56CCCN5C[C@H](F)C6)nc4c3F)c2)cc1. The van der Waals surface area contributed by atoms with E-state index in [1.165, 1.54) is 0 Å². The minimum Gasteiger partial charge on any atom is -0.497 e. The first-order valence-corrected chi connectivity index (χ1v) is 25.1. The molecule has 5 heterocycles. The molecule has 72 heavy (non-hydrogen) atoms. The summed E-state index contributed by atoms with van der Waals surface area (Å²) in [6.45, 7) is 10.0. The van der Waals surface area contributed by atoms with E-state index >= 15 is 4.39 Å². The van der Waals surface area contributed by atoms with Crippen molar-refractivity contribution in [3.63, 3.8) is 0 Å². The van der Waals surface area contributed by atoms with Crippen LogP contribution in [0.4, 0.5) is 25.1 Å². The van der Waals surface area contributed by atoms with Crippen LogP contribution in [-0.2, 0) is 29.0 Å². The molecule has 2 unspecified atom stereocenters. The zero-order valence-electron chi connectivity index (χ0n) is 42.4. The fraction of sp³-hybridized carbons (Fsp3) is 0.509. The largest absolute Gasteiger partial charge is 0.497 e. The number of aromatic nitrogens is 3. The lowest BCUT2D eigenvalue weighted by Crippen LogP contribution is -2.50. The Morgan fingerprint density at radius 3 is 2.29 bits per heavy atom. The first-order valence-electron chi connectivity index (χ1n) is 25.1. The number of carboxylic acids is 1. The van der Waals surface area contributed by atoms with E-state index in [2.05, 4.69) is 15.1 Å². The van der Waals surface area contributed by atoms with Crippen LogP contribution in [0.25, 0.3) is 22.2 Å². The number of anilines is 2. The number of aliphatic carboxylic acids is 1. The number of hydrogen-bond acceptors (Lipinski definition) is 13. The molecule has 0 saturated carbocycles. The maximum Gasteiger partial charge on any atom is 0.407 e. The van der Waals surface area contributed by atoms with Gasteiger partial charge in [0.1, 0.15) is 46.9 Å². The highest BCUT2D eigenvalue weighted by atomic mass is 19.1. The summed E-state index contributed by atoms with van der Waals surface area (Å²) in [5.41, 5.74) is 1.73. The Kier molecular flexibility index (Phi) is 16.0. The highest BCUT2D eigenvalue weighted by molar-refractivity contribution is 5.92. The lowest BCUT2D eigenvalue weighted by Gasteiger charge is -2.40. The molecule has 0 aliphatic carbocycles. The van der Waals surface area contributed by atoms with Gasteiger partial charge >= 0.3 is 18.1 Å². The fourth-order valence-corrected chi connectivity index (χ4v) is 10.4. The molecule has 1 amide bonds. The molecule has 8 rings (SSSR count). The number of β-amino-alcohol motifs (C(OH)–C–C–N with tert-alkyl or cyclic N) is 1. The molecule has 3 saturated heterocycles. The number of ether oxygens (including phenoxy) is 4. The van der Waals surface area contributed by atoms with Gasteiger partial charge in [0.05, 0.1) is 36.7 Å². The Balaban J connectivity index is 1.20. The molecule has 5 aromatic rings. The van der Waals surface area contributed by atoms with Crippen molar-refractivity contribution in [1.82, 2.24) is 25.2 Å². The number of carboxylic acid groups (broad SMARTS) is 1. The number of nitrogens with zero attached hydrogens (tertiary/aromatic N) is 6. The number of nitrogens with one attached hydrogen (secondary N) is 1. The molecule has 15 nitrogen and oxygen atoms in total. The average Bonchev–Trinajstić information content (AvgIpc) is 3.88. The first kappa shape index (κ1) is 52.0. The van der Waals surface area contributed by atoms with E-state index in [4.69, 9.17) is 33.9 Å². The van der Waals surface area contributed by atoms with Crippen molar-refractivity contribution in [2.24, 2.45) is 5.92 Å². The minimum absolute atomic E-state index is 0.0274. The van der Waals surface area contributed by atoms with E-state index in [0.29, 0.717) is 81.5 Å². The Morgan fingerprint density at radius 1 is 0.958 bits per heavy atom. The number of hydrogen-bond donors (Lipinski definition) is 3. The van der Waals surface area contributed by atoms with Crippen LogP contribution in [0.15, 0.2) is 72.9 Å². The normalized spacial score (nSPS) is 20.5. The molecule has 2 aromatic heterocycles. The average molecular weight is 994 g/mol. The van der Waals surface area contributed by atoms with Gasteiger partial charge in [-0.3, -0.25) is 14.7 Å². The predicted octanol–water partition coefficient (Wildman–Crippen LogP) is 9.30. The predicted molar refractivity (Wildman–Crippen MR) is 272 cm³/mol. The van der Waals surface area contributed by atoms with E-state index in [0.717, 1.165) is 53.3 Å². The second-order valence-electron chi connectivity index (χ2n) is 20.8. The van der Waals surface area contributed by atoms with E-state index in [1.54, 1.807) is 48.1 Å². The minimum atomic E-state index is -1.24. The van der Waals surface area contributed by atoms with Crippen molar-refractivity contribution in [1.29, 1.82) is 0 Å². The summed E-state index contributed by atoms with van der Waals surface area (Å²) in [4.78, 5) is 45.1. The van der Waals surface area contributed by atoms with Crippen LogP contribution >= 0.6 is 0 Å². The second kappa shape index (κ2) is 22.2. The van der Waals surface area contributed by atoms with Crippen molar-refractivity contribution in [3.8, 4) is 28.8 Å². The van der Waals surface area contributed by atoms with E-state index < -0.39 is 46.7 Å². The van der Waals surface area contributed by atoms with Crippen LogP contribution in [0, 0.1) is 11.7 Å². The van der Waals surface area contributed by atoms with Crippen molar-refractivity contribution < 1.29 is 47.5 Å². The van der Waals surface area contributed by atoms with Gasteiger partial charge in [0.25, 0.3) is 0 Å². The maximum absolute atomic E-state index is 18.0. The standard InChI is InChI=1S/C55H69F2N7O8/c1-36(50(65)66)10-7-11-39-16-17-41(63(31-37-12-18-42(69-5)19-13-37)32-38-14-20-43(70-6)21-15-38)28-44(39)47-46(57)48-45(30-59-47)49(61-51(60-48)71-35-54-22-8-27-64(54)33-40(56)29-54)62-26-9-23-55(68,34-62)24-25-58-52(67)72-53(2,3)4/h12-21,28,30,36,40,68H,7-11,22-27,29,31-35H2,1-6H3,(H,58,67)(H,65,66)/t36?,40-,54+,55?/m1/s1. The molecule has 4 atom stereocenters. The van der Waals surface area contributed by atoms with Gasteiger partial charge in [-0.15, -0.1) is 0 Å². The van der Waals surface area contributed by atoms with Gasteiger partial charge in [-0.2, -0.15) is 9.97 Å². The number of methoxy groups -OCH3 is 2. The number of aryl methyl sites for hydroxylation is 1. The first-order chi connectivity index (χ1) is 34.4. The van der Waals surface area contributed by atoms with Gasteiger partial charge in [0.2, 0.25) is 0 Å². The number of carbonyl (C=O) groups excluding carboxylic acids is 1. The number of alkyl halides is 1. The van der Waals surface area contributed by atoms with E-state index in [-0.39, 0.29) is 43.3 Å². The summed E-state index contributed by atoms with van der Waals surface area (Å²) >= 11 is 0. The second-order valence-corrected chi connectivity index (χ2v) is 20.8. The van der Waals surface area contributed by atoms with Crippen molar-refractivity contribution in [2.75, 3.05) is 63.4 Å². The van der Waals surface area contributed by atoms with E-state index in [9.17, 15) is 24.2 Å². The number of aliphatic hydroxyl groups is 1. The number of rotatable bonds is 20. The summed E-state index contributed by atoms with van der Waals surface area (Å²) < 4.78 is 55.7. The van der Waals surface area contributed by atoms with Crippen LogP contribution in [0.1, 0.15) is 95.8 Å². The molecule has 3 aliphatic rings. The monoisotopic (exact) mass is 994 g/mol. The van der Waals surface area contributed by atoms with Crippen molar-refractivity contribution in [3.05, 3.63) is 95.4 Å². The number of amides is 1. The summed E-state index contributed by atoms with van der Waals surface area (Å²) in [6, 6.07) is 21.6. The number of halogens is 2. The van der Waals surface area contributed by atoms with Crippen LogP contribution in [0.2, 0.25) is 0 Å². The Bertz CT molecular complexity index is 2640. The molecule has 386 valence electrons. The van der Waals surface area contributed by atoms with Crippen LogP contribution in [0.5, 0.6) is 17.5 Å². The molecule has 0 bridgehead atoms. The van der Waals surface area contributed by atoms with Crippen LogP contribution in [-0.4, -0.2) is 119 Å². The molecular weight excluding hydrogens is 925 g/mol. The topological polar surface area (TPSA) is 172 Å². The van der Waals surface area contributed by atoms with Crippen molar-refractivity contribution >= 4 is 34.5 Å². The van der Waals surface area contributed by atoms with Gasteiger partial charge in [-0.05, 0) is 132 Å². The van der Waals surface area contributed by atoms with Gasteiger partial charge in [-0.25, -0.2) is 13.6 Å². The van der Waals surface area contributed by atoms with E-state index in [1.807, 2.05) is 71.6 Å². The van der Waals surface area contributed by atoms with Gasteiger partial charge in [0, 0.05) is 63.1 Å². The highest BCUT2D eigenvalue weighted by Gasteiger charge is 2.49. The quantitative estimate of drug-likeness (QED) is 0.0674. The zero-order chi connectivity index (χ0) is 51.2. The number of fused-ring (bicyclic) bond motifs is 2. The third-order valence-electron chi connectivity index (χ3n) is 14.3. The van der Waals surface area contributed by atoms with Crippen LogP contribution in [0.3, 0.4) is 0 Å². The summed E-state index contributed by atoms with van der Waals surface area (Å²) in [5, 5.41) is 24.8. The molecule has 3 aromatic carbocycles. The van der Waals surface area contributed by atoms with Crippen LogP contribution < -0.4 is 29.3 Å². The summed E-state index contributed by atoms with van der Waals surface area (Å²) in [7, 11) is 3.25. The van der Waals surface area contributed by atoms with Gasteiger partial charge in [-0.1, -0.05) is 37.3 Å². The molecule has 17 heteroatoms. The summed E-state index contributed by atoms with van der Waals surface area (Å²) in [5.74, 6) is -0.336. The highest BCUT2D eigenvalue weighted by Crippen LogP contribution is 2.42. The number of alkyl carbamates (subject to hydrolysis) is 1. The third kappa shape index (κ3) is 12.5. The Hall–Kier alpha value is -6.33. The van der Waals surface area contributed by atoms with Gasteiger partial charge in [0.15, 0.2) is 5.82 Å². The van der Waals surface area contributed by atoms with Crippen molar-refractivity contribution in [2.45, 2.75) is 121 Å². The molecule has 0 spiro atoms. The smallest absolute Gasteiger partial charge is 0.407 e. The number of carbonyl (C=O) groups is 2. The zero-order valence-corrected chi connectivity index (χ0v) is 42.4. The maximum atomic E-state index is 18.0.